The normalized spacial score (nSPS) is 13.0. The van der Waals surface area contributed by atoms with Crippen LogP contribution < -0.4 is 5.73 Å². The summed E-state index contributed by atoms with van der Waals surface area (Å²) in [6.07, 6.45) is 2.04. The van der Waals surface area contributed by atoms with E-state index in [1.807, 2.05) is 30.5 Å². The van der Waals surface area contributed by atoms with Gasteiger partial charge in [0.15, 0.2) is 0 Å². The lowest BCUT2D eigenvalue weighted by atomic mass is 10.2. The third-order valence-corrected chi connectivity index (χ3v) is 2.43. The molecule has 0 saturated carbocycles. The van der Waals surface area contributed by atoms with Crippen LogP contribution in [0.25, 0.3) is 0 Å². The molecule has 2 N–H and O–H groups in total. The van der Waals surface area contributed by atoms with Gasteiger partial charge in [0, 0.05) is 4.90 Å². The number of hydrogen-bond donors (Lipinski definition) is 1. The van der Waals surface area contributed by atoms with Crippen molar-refractivity contribution in [2.24, 2.45) is 5.73 Å². The Hall–Kier alpha value is -0.180. The Morgan fingerprint density at radius 2 is 1.91 bits per heavy atom. The van der Waals surface area contributed by atoms with E-state index < -0.39 is 0 Å². The number of halogens is 1. The number of alkyl halides is 1. The first-order valence-electron chi connectivity index (χ1n) is 3.27. The molecule has 11 heavy (non-hydrogen) atoms. The maximum absolute atomic E-state index is 5.67. The van der Waals surface area contributed by atoms with E-state index in [1.54, 1.807) is 11.8 Å². The molecular formula is C8H10ClNS. The molecule has 0 saturated heterocycles. The van der Waals surface area contributed by atoms with Gasteiger partial charge in [0.1, 0.15) is 5.50 Å². The summed E-state index contributed by atoms with van der Waals surface area (Å²) in [6.45, 7) is 0. The second-order valence-corrected chi connectivity index (χ2v) is 3.52. The first-order chi connectivity index (χ1) is 5.24. The van der Waals surface area contributed by atoms with Crippen molar-refractivity contribution in [2.45, 2.75) is 10.4 Å². The first-order valence-corrected chi connectivity index (χ1v) is 4.94. The predicted octanol–water partition coefficient (Wildman–Crippen LogP) is 2.60. The highest BCUT2D eigenvalue weighted by atomic mass is 35.5. The average Bonchev–Trinajstić information content (AvgIpc) is 2.05. The Labute approximate surface area is 75.9 Å². The Balaban J connectivity index is 2.83. The predicted molar refractivity (Wildman–Crippen MR) is 51.0 cm³/mol. The zero-order valence-corrected chi connectivity index (χ0v) is 7.82. The maximum atomic E-state index is 5.67. The van der Waals surface area contributed by atoms with E-state index in [9.17, 15) is 0 Å². The Morgan fingerprint density at radius 3 is 2.27 bits per heavy atom. The molecule has 0 heterocycles. The van der Waals surface area contributed by atoms with Gasteiger partial charge >= 0.3 is 0 Å². The Kier molecular flexibility index (Phi) is 3.24. The van der Waals surface area contributed by atoms with Gasteiger partial charge in [-0.2, -0.15) is 0 Å². The molecule has 1 rings (SSSR count). The molecule has 0 aliphatic rings. The largest absolute Gasteiger partial charge is 0.312 e. The van der Waals surface area contributed by atoms with Crippen molar-refractivity contribution in [3.63, 3.8) is 0 Å². The maximum Gasteiger partial charge on any atom is 0.106 e. The standard InChI is InChI=1S/C8H10ClNS/c1-11-7-4-2-6(3-5-7)8(9)10/h2-5,8H,10H2,1H3. The third-order valence-electron chi connectivity index (χ3n) is 1.43. The number of hydrogen-bond acceptors (Lipinski definition) is 2. The van der Waals surface area contributed by atoms with Gasteiger partial charge in [-0.1, -0.05) is 12.1 Å². The van der Waals surface area contributed by atoms with Crippen molar-refractivity contribution in [3.8, 4) is 0 Å². The topological polar surface area (TPSA) is 26.0 Å². The minimum atomic E-state index is -0.383. The van der Waals surface area contributed by atoms with Gasteiger partial charge < -0.3 is 5.73 Å². The van der Waals surface area contributed by atoms with Gasteiger partial charge in [0.25, 0.3) is 0 Å². The zero-order chi connectivity index (χ0) is 8.27. The van der Waals surface area contributed by atoms with Crippen LogP contribution in [0.5, 0.6) is 0 Å². The highest BCUT2D eigenvalue weighted by Crippen LogP contribution is 2.19. The first kappa shape index (κ1) is 8.91. The van der Waals surface area contributed by atoms with Crippen LogP contribution in [0, 0.1) is 0 Å². The van der Waals surface area contributed by atoms with Crippen LogP contribution >= 0.6 is 23.4 Å². The molecule has 1 unspecified atom stereocenters. The smallest absolute Gasteiger partial charge is 0.106 e. The molecule has 1 atom stereocenters. The van der Waals surface area contributed by atoms with E-state index in [1.165, 1.54) is 4.90 Å². The van der Waals surface area contributed by atoms with E-state index >= 15 is 0 Å². The molecule has 1 nitrogen and oxygen atoms in total. The number of nitrogens with two attached hydrogens (primary N) is 1. The second-order valence-electron chi connectivity index (χ2n) is 2.17. The van der Waals surface area contributed by atoms with E-state index in [2.05, 4.69) is 0 Å². The molecule has 0 spiro atoms. The lowest BCUT2D eigenvalue weighted by molar-refractivity contribution is 1.01. The minimum Gasteiger partial charge on any atom is -0.312 e. The van der Waals surface area contributed by atoms with Crippen molar-refractivity contribution in [1.82, 2.24) is 0 Å². The van der Waals surface area contributed by atoms with Crippen LogP contribution in [0.15, 0.2) is 29.2 Å². The summed E-state index contributed by atoms with van der Waals surface area (Å²) in [6, 6.07) is 7.93. The summed E-state index contributed by atoms with van der Waals surface area (Å²) in [5, 5.41) is 0. The fourth-order valence-electron chi connectivity index (χ4n) is 0.788. The summed E-state index contributed by atoms with van der Waals surface area (Å²) >= 11 is 7.37. The lowest BCUT2D eigenvalue weighted by Crippen LogP contribution is -2.00. The number of rotatable bonds is 2. The Bertz CT molecular complexity index is 220. The van der Waals surface area contributed by atoms with Gasteiger partial charge in [-0.3, -0.25) is 0 Å². The molecule has 1 aromatic carbocycles. The van der Waals surface area contributed by atoms with Crippen LogP contribution in [-0.2, 0) is 0 Å². The van der Waals surface area contributed by atoms with Gasteiger partial charge in [-0.05, 0) is 24.0 Å². The summed E-state index contributed by atoms with van der Waals surface area (Å²) < 4.78 is 0. The van der Waals surface area contributed by atoms with Crippen LogP contribution in [-0.4, -0.2) is 6.26 Å². The number of benzene rings is 1. The average molecular weight is 188 g/mol. The van der Waals surface area contributed by atoms with Crippen LogP contribution in [0.1, 0.15) is 11.1 Å². The highest BCUT2D eigenvalue weighted by Gasteiger charge is 1.99. The van der Waals surface area contributed by atoms with Crippen molar-refractivity contribution in [1.29, 1.82) is 0 Å². The van der Waals surface area contributed by atoms with Gasteiger partial charge in [-0.25, -0.2) is 0 Å². The van der Waals surface area contributed by atoms with Crippen molar-refractivity contribution >= 4 is 23.4 Å². The van der Waals surface area contributed by atoms with Gasteiger partial charge in [0.2, 0.25) is 0 Å². The van der Waals surface area contributed by atoms with E-state index in [0.717, 1.165) is 5.56 Å². The molecule has 0 aromatic heterocycles. The van der Waals surface area contributed by atoms with Crippen LogP contribution in [0.4, 0.5) is 0 Å². The fourth-order valence-corrected chi connectivity index (χ4v) is 1.34. The number of thioether (sulfide) groups is 1. The minimum absolute atomic E-state index is 0.383. The molecule has 0 fully saturated rings. The molecular weight excluding hydrogens is 178 g/mol. The second kappa shape index (κ2) is 4.00. The van der Waals surface area contributed by atoms with Crippen LogP contribution in [0.3, 0.4) is 0 Å². The summed E-state index contributed by atoms with van der Waals surface area (Å²) in [5.74, 6) is 0. The molecule has 60 valence electrons. The Morgan fingerprint density at radius 1 is 1.36 bits per heavy atom. The SMILES string of the molecule is CSc1ccc(C(N)Cl)cc1. The summed E-state index contributed by atoms with van der Waals surface area (Å²) in [4.78, 5) is 1.23. The monoisotopic (exact) mass is 187 g/mol. The summed E-state index contributed by atoms with van der Waals surface area (Å²) in [7, 11) is 0. The van der Waals surface area contributed by atoms with Crippen molar-refractivity contribution < 1.29 is 0 Å². The molecule has 1 aromatic rings. The van der Waals surface area contributed by atoms with E-state index in [4.69, 9.17) is 17.3 Å². The quantitative estimate of drug-likeness (QED) is 0.438. The van der Waals surface area contributed by atoms with Crippen molar-refractivity contribution in [2.75, 3.05) is 6.26 Å². The molecule has 0 aliphatic carbocycles. The third kappa shape index (κ3) is 2.40. The van der Waals surface area contributed by atoms with E-state index in [0.29, 0.717) is 0 Å². The van der Waals surface area contributed by atoms with Gasteiger partial charge in [-0.15, -0.1) is 23.4 Å². The van der Waals surface area contributed by atoms with Crippen molar-refractivity contribution in [3.05, 3.63) is 29.8 Å². The highest BCUT2D eigenvalue weighted by molar-refractivity contribution is 7.98. The fraction of sp³-hybridized carbons (Fsp3) is 0.250. The van der Waals surface area contributed by atoms with Crippen LogP contribution in [0.2, 0.25) is 0 Å². The summed E-state index contributed by atoms with van der Waals surface area (Å²) in [5.41, 5.74) is 6.04. The van der Waals surface area contributed by atoms with E-state index in [-0.39, 0.29) is 5.50 Å². The molecule has 0 amide bonds. The molecule has 0 bridgehead atoms. The zero-order valence-electron chi connectivity index (χ0n) is 6.25. The van der Waals surface area contributed by atoms with Gasteiger partial charge in [0.05, 0.1) is 0 Å². The molecule has 3 heteroatoms. The molecule has 0 radical (unpaired) electrons. The molecule has 0 aliphatic heterocycles. The lowest BCUT2D eigenvalue weighted by Gasteiger charge is -2.03.